The van der Waals surface area contributed by atoms with E-state index in [4.69, 9.17) is 33.0 Å². The van der Waals surface area contributed by atoms with Crippen molar-refractivity contribution in [3.63, 3.8) is 0 Å². The molecule has 0 spiro atoms. The summed E-state index contributed by atoms with van der Waals surface area (Å²) in [7, 11) is 0. The number of nitriles is 3. The van der Waals surface area contributed by atoms with E-state index in [1.807, 2.05) is 18.2 Å². The first-order chi connectivity index (χ1) is 25.8. The van der Waals surface area contributed by atoms with Crippen molar-refractivity contribution in [2.75, 3.05) is 0 Å². The Morgan fingerprint density at radius 1 is 0.556 bits per heavy atom. The quantitative estimate of drug-likeness (QED) is 0.105. The van der Waals surface area contributed by atoms with Gasteiger partial charge in [-0.15, -0.1) is 0 Å². The molecule has 264 valence electrons. The van der Waals surface area contributed by atoms with E-state index in [0.717, 1.165) is 10.8 Å². The Balaban J connectivity index is 0.000000180. The van der Waals surface area contributed by atoms with Crippen LogP contribution < -0.4 is 17.2 Å². The van der Waals surface area contributed by atoms with Crippen LogP contribution >= 0.6 is 0 Å². The van der Waals surface area contributed by atoms with Crippen molar-refractivity contribution in [1.29, 1.82) is 15.8 Å². The van der Waals surface area contributed by atoms with Gasteiger partial charge in [0.2, 0.25) is 5.88 Å². The molecule has 0 unspecified atom stereocenters. The van der Waals surface area contributed by atoms with Crippen LogP contribution in [0.2, 0.25) is 0 Å². The van der Waals surface area contributed by atoms with Gasteiger partial charge in [0.1, 0.15) is 52.1 Å². The number of aromatic nitrogens is 3. The summed E-state index contributed by atoms with van der Waals surface area (Å²) < 4.78 is 0. The van der Waals surface area contributed by atoms with Crippen LogP contribution in [0.3, 0.4) is 0 Å². The van der Waals surface area contributed by atoms with Crippen molar-refractivity contribution >= 4 is 68.7 Å². The highest BCUT2D eigenvalue weighted by Crippen LogP contribution is 2.26. The number of para-hydroxylation sites is 3. The molecule has 6 rings (SSSR count). The number of fused-ring (bicyclic) bond motifs is 3. The average Bonchev–Trinajstić information content (AvgIpc) is 3.15. The summed E-state index contributed by atoms with van der Waals surface area (Å²) in [6.07, 6.45) is 3.63. The van der Waals surface area contributed by atoms with Gasteiger partial charge in [-0.2, -0.15) is 15.8 Å². The van der Waals surface area contributed by atoms with E-state index < -0.39 is 17.7 Å². The molecule has 3 amide bonds. The molecule has 0 fully saturated rings. The predicted molar refractivity (Wildman–Crippen MR) is 199 cm³/mol. The third kappa shape index (κ3) is 9.54. The zero-order valence-corrected chi connectivity index (χ0v) is 27.9. The van der Waals surface area contributed by atoms with Crippen molar-refractivity contribution in [3.8, 4) is 35.6 Å². The summed E-state index contributed by atoms with van der Waals surface area (Å²) in [4.78, 5) is 45.1. The van der Waals surface area contributed by atoms with Crippen molar-refractivity contribution in [3.05, 3.63) is 125 Å². The summed E-state index contributed by atoms with van der Waals surface area (Å²) in [5, 5.41) is 57.7. The molecule has 9 N–H and O–H groups in total. The fraction of sp³-hybridized carbons (Fsp3) is 0. The van der Waals surface area contributed by atoms with Crippen molar-refractivity contribution in [2.24, 2.45) is 17.2 Å². The zero-order chi connectivity index (χ0) is 39.4. The maximum Gasteiger partial charge on any atom is 0.259 e. The number of benzene rings is 3. The third-order valence-electron chi connectivity index (χ3n) is 7.21. The molecule has 0 aliphatic carbocycles. The van der Waals surface area contributed by atoms with Crippen LogP contribution in [0.4, 0.5) is 0 Å². The second-order valence-corrected chi connectivity index (χ2v) is 10.9. The number of pyridine rings is 3. The number of aromatic hydroxyl groups is 3. The van der Waals surface area contributed by atoms with Gasteiger partial charge in [0, 0.05) is 27.8 Å². The van der Waals surface area contributed by atoms with E-state index in [1.165, 1.54) is 30.4 Å². The van der Waals surface area contributed by atoms with Gasteiger partial charge in [0.25, 0.3) is 17.7 Å². The maximum absolute atomic E-state index is 10.9. The average molecular weight is 718 g/mol. The Morgan fingerprint density at radius 3 is 1.61 bits per heavy atom. The lowest BCUT2D eigenvalue weighted by atomic mass is 10.1. The number of carbonyl (C=O) groups excluding carboxylic acids is 3. The van der Waals surface area contributed by atoms with E-state index in [2.05, 4.69) is 15.0 Å². The summed E-state index contributed by atoms with van der Waals surface area (Å²) in [6, 6.07) is 30.9. The zero-order valence-electron chi connectivity index (χ0n) is 27.9. The number of rotatable bonds is 6. The van der Waals surface area contributed by atoms with Crippen LogP contribution in [0, 0.1) is 34.0 Å². The number of carbonyl (C=O) groups is 3. The second kappa shape index (κ2) is 17.4. The molecular formula is C39H27N9O6. The van der Waals surface area contributed by atoms with Crippen LogP contribution in [0.1, 0.15) is 17.0 Å². The Labute approximate surface area is 306 Å². The number of amides is 3. The minimum Gasteiger partial charge on any atom is -0.507 e. The van der Waals surface area contributed by atoms with Crippen LogP contribution in [-0.2, 0) is 14.4 Å². The highest BCUT2D eigenvalue weighted by atomic mass is 16.3. The Morgan fingerprint density at radius 2 is 1.04 bits per heavy atom. The van der Waals surface area contributed by atoms with Gasteiger partial charge in [0.15, 0.2) is 0 Å². The fourth-order valence-corrected chi connectivity index (χ4v) is 4.62. The van der Waals surface area contributed by atoms with E-state index in [9.17, 15) is 29.7 Å². The fourth-order valence-electron chi connectivity index (χ4n) is 4.62. The summed E-state index contributed by atoms with van der Waals surface area (Å²) in [6.45, 7) is 0. The summed E-state index contributed by atoms with van der Waals surface area (Å²) >= 11 is 0. The van der Waals surface area contributed by atoms with E-state index in [1.54, 1.807) is 78.9 Å². The van der Waals surface area contributed by atoms with Gasteiger partial charge < -0.3 is 32.5 Å². The molecule has 6 aromatic rings. The summed E-state index contributed by atoms with van der Waals surface area (Å²) in [5.41, 5.74) is 17.0. The SMILES string of the molecule is N#CC(=Cc1cc(O)c2ccccc2n1)C(N)=O.N#CC(=Cc1cc2ccccc2nc1O)C(N)=O.N#CC(=Cc1nc2ccccc2cc1O)C(N)=O. The van der Waals surface area contributed by atoms with Crippen molar-refractivity contribution in [1.82, 2.24) is 15.0 Å². The Bertz CT molecular complexity index is 2560. The lowest BCUT2D eigenvalue weighted by molar-refractivity contribution is -0.115. The Hall–Kier alpha value is -8.61. The number of nitrogens with zero attached hydrogens (tertiary/aromatic N) is 6. The van der Waals surface area contributed by atoms with E-state index in [0.29, 0.717) is 27.6 Å². The number of nitrogens with two attached hydrogens (primary N) is 3. The van der Waals surface area contributed by atoms with Gasteiger partial charge in [-0.25, -0.2) is 15.0 Å². The number of hydrogen-bond donors (Lipinski definition) is 6. The van der Waals surface area contributed by atoms with Gasteiger partial charge in [-0.1, -0.05) is 48.5 Å². The lowest BCUT2D eigenvalue weighted by Gasteiger charge is -2.02. The first-order valence-electron chi connectivity index (χ1n) is 15.4. The smallest absolute Gasteiger partial charge is 0.259 e. The minimum absolute atomic E-state index is 0.0358. The van der Waals surface area contributed by atoms with E-state index >= 15 is 0 Å². The molecule has 0 saturated carbocycles. The third-order valence-corrected chi connectivity index (χ3v) is 7.21. The van der Waals surface area contributed by atoms with Gasteiger partial charge in [-0.3, -0.25) is 14.4 Å². The molecule has 15 nitrogen and oxygen atoms in total. The van der Waals surface area contributed by atoms with Gasteiger partial charge in [0.05, 0.1) is 22.2 Å². The molecule has 0 aliphatic heterocycles. The summed E-state index contributed by atoms with van der Waals surface area (Å²) in [5.74, 6) is -2.84. The first kappa shape index (κ1) is 38.2. The van der Waals surface area contributed by atoms with Crippen molar-refractivity contribution < 1.29 is 29.7 Å². The molecule has 3 aromatic heterocycles. The van der Waals surface area contributed by atoms with Gasteiger partial charge in [-0.05, 0) is 54.6 Å². The molecular weight excluding hydrogens is 690 g/mol. The van der Waals surface area contributed by atoms with E-state index in [-0.39, 0.29) is 45.4 Å². The number of hydrogen-bond acceptors (Lipinski definition) is 12. The first-order valence-corrected chi connectivity index (χ1v) is 15.4. The van der Waals surface area contributed by atoms with Crippen LogP contribution in [0.5, 0.6) is 17.4 Å². The normalized spacial score (nSPS) is 11.2. The predicted octanol–water partition coefficient (Wildman–Crippen LogP) is 4.00. The molecule has 3 heterocycles. The molecule has 0 radical (unpaired) electrons. The second-order valence-electron chi connectivity index (χ2n) is 10.9. The molecule has 0 atom stereocenters. The molecule has 3 aromatic carbocycles. The van der Waals surface area contributed by atoms with Gasteiger partial charge >= 0.3 is 0 Å². The minimum atomic E-state index is -0.855. The lowest BCUT2D eigenvalue weighted by Crippen LogP contribution is -2.12. The largest absolute Gasteiger partial charge is 0.507 e. The Kier molecular flexibility index (Phi) is 12.3. The maximum atomic E-state index is 10.9. The molecule has 0 bridgehead atoms. The molecule has 15 heteroatoms. The highest BCUT2D eigenvalue weighted by molar-refractivity contribution is 6.02. The van der Waals surface area contributed by atoms with Crippen molar-refractivity contribution in [2.45, 2.75) is 0 Å². The standard InChI is InChI=1S/3C13H9N3O2/c14-7-8(13(15)18)5-9-6-12(17)10-3-1-2-4-11(10)16-9;14-7-9(13(15)18)5-11-12(17)6-8-3-1-2-4-10(8)16-11;14-7-10(12(15)17)6-9-5-8-3-1-2-4-11(8)16-13(9)18/h1-6H,(H2,15,18)(H,16,17);1-6,17H,(H2,15,18);1-6H,(H2,15,17)(H,16,18). The highest BCUT2D eigenvalue weighted by Gasteiger charge is 2.10. The molecule has 0 aliphatic rings. The van der Waals surface area contributed by atoms with Crippen LogP contribution in [0.15, 0.2) is 108 Å². The number of primary amides is 3. The topological polar surface area (TPSA) is 300 Å². The molecule has 0 saturated heterocycles. The van der Waals surface area contributed by atoms with Crippen LogP contribution in [0.25, 0.3) is 50.9 Å². The van der Waals surface area contributed by atoms with Crippen LogP contribution in [-0.4, -0.2) is 48.0 Å². The monoisotopic (exact) mass is 717 g/mol. The molecule has 54 heavy (non-hydrogen) atoms.